The van der Waals surface area contributed by atoms with Crippen molar-refractivity contribution in [2.75, 3.05) is 14.2 Å². The molecule has 0 bridgehead atoms. The van der Waals surface area contributed by atoms with Gasteiger partial charge in [-0.1, -0.05) is 25.3 Å². The highest BCUT2D eigenvalue weighted by Crippen LogP contribution is 2.37. The van der Waals surface area contributed by atoms with Crippen molar-refractivity contribution in [3.8, 4) is 0 Å². The molecule has 0 aromatic carbocycles. The third-order valence-corrected chi connectivity index (χ3v) is 9.22. The standard InChI is InChI=1S/C12H20O2SSi/c1-13-16(14-2,12-9-6-10-15-12)11-7-4-3-5-8-11/h6,9-11H,3-5,7-8H2,1-2H3. The molecule has 1 fully saturated rings. The molecule has 0 atom stereocenters. The first-order chi connectivity index (χ1) is 7.83. The van der Waals surface area contributed by atoms with E-state index in [0.717, 1.165) is 0 Å². The zero-order valence-corrected chi connectivity index (χ0v) is 11.9. The number of hydrogen-bond acceptors (Lipinski definition) is 3. The summed E-state index contributed by atoms with van der Waals surface area (Å²) < 4.78 is 13.1. The molecule has 1 aromatic heterocycles. The molecule has 16 heavy (non-hydrogen) atoms. The van der Waals surface area contributed by atoms with Crippen LogP contribution in [0.1, 0.15) is 32.1 Å². The molecule has 0 saturated heterocycles. The second-order valence-electron chi connectivity index (χ2n) is 4.39. The maximum absolute atomic E-state index is 5.90. The Labute approximate surface area is 103 Å². The molecule has 0 radical (unpaired) electrons. The van der Waals surface area contributed by atoms with Gasteiger partial charge in [-0.2, -0.15) is 0 Å². The Bertz CT molecular complexity index is 303. The smallest absolute Gasteiger partial charge is 0.385 e. The van der Waals surface area contributed by atoms with Crippen LogP contribution in [0, 0.1) is 0 Å². The maximum Gasteiger partial charge on any atom is 0.385 e. The van der Waals surface area contributed by atoms with Gasteiger partial charge in [0.05, 0.1) is 0 Å². The molecule has 1 saturated carbocycles. The highest BCUT2D eigenvalue weighted by Gasteiger charge is 2.47. The van der Waals surface area contributed by atoms with Crippen LogP contribution in [0.5, 0.6) is 0 Å². The highest BCUT2D eigenvalue weighted by atomic mass is 32.1. The van der Waals surface area contributed by atoms with Crippen LogP contribution in [0.25, 0.3) is 0 Å². The Hall–Kier alpha value is -0.163. The van der Waals surface area contributed by atoms with Crippen molar-refractivity contribution in [3.05, 3.63) is 17.5 Å². The summed E-state index contributed by atoms with van der Waals surface area (Å²) in [4.78, 5) is 0. The van der Waals surface area contributed by atoms with Gasteiger partial charge in [0.15, 0.2) is 0 Å². The van der Waals surface area contributed by atoms with Gasteiger partial charge in [0.1, 0.15) is 0 Å². The lowest BCUT2D eigenvalue weighted by Crippen LogP contribution is -2.55. The quantitative estimate of drug-likeness (QED) is 0.771. The van der Waals surface area contributed by atoms with E-state index in [4.69, 9.17) is 8.85 Å². The van der Waals surface area contributed by atoms with E-state index in [0.29, 0.717) is 5.54 Å². The maximum atomic E-state index is 5.90. The van der Waals surface area contributed by atoms with Gasteiger partial charge in [-0.25, -0.2) is 0 Å². The molecule has 1 aliphatic carbocycles. The predicted molar refractivity (Wildman–Crippen MR) is 70.6 cm³/mol. The molecule has 1 aromatic rings. The molecule has 1 heterocycles. The van der Waals surface area contributed by atoms with Gasteiger partial charge >= 0.3 is 8.56 Å². The van der Waals surface area contributed by atoms with E-state index in [1.807, 2.05) is 14.2 Å². The number of hydrogen-bond donors (Lipinski definition) is 0. The van der Waals surface area contributed by atoms with E-state index in [-0.39, 0.29) is 0 Å². The van der Waals surface area contributed by atoms with Gasteiger partial charge in [-0.3, -0.25) is 0 Å². The third-order valence-electron chi connectivity index (χ3n) is 3.61. The topological polar surface area (TPSA) is 18.5 Å². The van der Waals surface area contributed by atoms with Crippen molar-refractivity contribution in [1.29, 1.82) is 0 Å². The largest absolute Gasteiger partial charge is 0.394 e. The number of thiophene rings is 1. The third kappa shape index (κ3) is 2.11. The fourth-order valence-corrected chi connectivity index (χ4v) is 8.24. The first-order valence-corrected chi connectivity index (χ1v) is 8.75. The van der Waals surface area contributed by atoms with E-state index >= 15 is 0 Å². The minimum absolute atomic E-state index is 0.634. The van der Waals surface area contributed by atoms with Gasteiger partial charge in [0.25, 0.3) is 0 Å². The second kappa shape index (κ2) is 5.45. The summed E-state index contributed by atoms with van der Waals surface area (Å²) in [6, 6.07) is 4.28. The SMILES string of the molecule is CO[Si](OC)(c1cccs1)C1CCCCC1. The fourth-order valence-electron chi connectivity index (χ4n) is 2.78. The molecule has 0 amide bonds. The molecule has 0 spiro atoms. The first kappa shape index (κ1) is 12.3. The van der Waals surface area contributed by atoms with Gasteiger partial charge < -0.3 is 8.85 Å². The van der Waals surface area contributed by atoms with E-state index < -0.39 is 8.56 Å². The molecule has 0 N–H and O–H groups in total. The summed E-state index contributed by atoms with van der Waals surface area (Å²) >= 11 is 1.78. The molecule has 1 aliphatic rings. The normalized spacial score (nSPS) is 18.9. The predicted octanol–water partition coefficient (Wildman–Crippen LogP) is 3.02. The van der Waals surface area contributed by atoms with Crippen LogP contribution in [0.4, 0.5) is 0 Å². The van der Waals surface area contributed by atoms with Crippen molar-refractivity contribution in [3.63, 3.8) is 0 Å². The van der Waals surface area contributed by atoms with Crippen molar-refractivity contribution >= 4 is 24.4 Å². The summed E-state index contributed by atoms with van der Waals surface area (Å²) in [5.74, 6) is 0. The molecule has 2 nitrogen and oxygen atoms in total. The molecule has 4 heteroatoms. The van der Waals surface area contributed by atoms with Crippen LogP contribution in [-0.4, -0.2) is 22.8 Å². The van der Waals surface area contributed by atoms with Crippen molar-refractivity contribution in [2.45, 2.75) is 37.6 Å². The highest BCUT2D eigenvalue weighted by molar-refractivity contribution is 7.23. The summed E-state index contributed by atoms with van der Waals surface area (Å²) in [5.41, 5.74) is 0.634. The van der Waals surface area contributed by atoms with E-state index in [9.17, 15) is 0 Å². The van der Waals surface area contributed by atoms with Crippen molar-refractivity contribution in [2.24, 2.45) is 0 Å². The first-order valence-electron chi connectivity index (χ1n) is 5.98. The lowest BCUT2D eigenvalue weighted by Gasteiger charge is -2.36. The molecular formula is C12H20O2SSi. The monoisotopic (exact) mass is 256 g/mol. The van der Waals surface area contributed by atoms with E-state index in [2.05, 4.69) is 17.5 Å². The van der Waals surface area contributed by atoms with Crippen LogP contribution in [0.15, 0.2) is 17.5 Å². The van der Waals surface area contributed by atoms with Crippen molar-refractivity contribution in [1.82, 2.24) is 0 Å². The Morgan fingerprint density at radius 1 is 1.19 bits per heavy atom. The zero-order chi connectivity index (χ0) is 11.4. The van der Waals surface area contributed by atoms with Crippen LogP contribution >= 0.6 is 11.3 Å². The Balaban J connectivity index is 2.26. The number of rotatable bonds is 4. The average molecular weight is 256 g/mol. The molecule has 0 aliphatic heterocycles. The molecular weight excluding hydrogens is 236 g/mol. The Morgan fingerprint density at radius 2 is 1.88 bits per heavy atom. The average Bonchev–Trinajstić information content (AvgIpc) is 2.87. The van der Waals surface area contributed by atoms with Crippen molar-refractivity contribution < 1.29 is 8.85 Å². The van der Waals surface area contributed by atoms with Gasteiger partial charge in [0.2, 0.25) is 0 Å². The van der Waals surface area contributed by atoms with E-state index in [1.54, 1.807) is 11.3 Å². The van der Waals surface area contributed by atoms with Crippen LogP contribution in [0.3, 0.4) is 0 Å². The molecule has 90 valence electrons. The fraction of sp³-hybridized carbons (Fsp3) is 0.667. The summed E-state index contributed by atoms with van der Waals surface area (Å²) in [5, 5.41) is 2.12. The summed E-state index contributed by atoms with van der Waals surface area (Å²) in [7, 11) is 1.50. The lowest BCUT2D eigenvalue weighted by atomic mass is 10.0. The minimum Gasteiger partial charge on any atom is -0.394 e. The summed E-state index contributed by atoms with van der Waals surface area (Å²) in [6.45, 7) is 0. The Morgan fingerprint density at radius 3 is 2.38 bits per heavy atom. The molecule has 2 rings (SSSR count). The zero-order valence-electron chi connectivity index (χ0n) is 10.1. The van der Waals surface area contributed by atoms with Gasteiger partial charge in [0, 0.05) is 24.3 Å². The molecule has 0 unspecified atom stereocenters. The van der Waals surface area contributed by atoms with Gasteiger partial charge in [-0.15, -0.1) is 11.3 Å². The van der Waals surface area contributed by atoms with Crippen LogP contribution in [-0.2, 0) is 8.85 Å². The lowest BCUT2D eigenvalue weighted by molar-refractivity contribution is 0.233. The van der Waals surface area contributed by atoms with Crippen LogP contribution in [0.2, 0.25) is 5.54 Å². The minimum atomic E-state index is -2.15. The Kier molecular flexibility index (Phi) is 4.19. The van der Waals surface area contributed by atoms with Gasteiger partial charge in [-0.05, 0) is 24.3 Å². The summed E-state index contributed by atoms with van der Waals surface area (Å²) in [6.07, 6.45) is 6.57. The second-order valence-corrected chi connectivity index (χ2v) is 9.20. The van der Waals surface area contributed by atoms with Crippen LogP contribution < -0.4 is 4.50 Å². The van der Waals surface area contributed by atoms with E-state index in [1.165, 1.54) is 36.6 Å².